The predicted molar refractivity (Wildman–Crippen MR) is 105 cm³/mol. The van der Waals surface area contributed by atoms with Crippen LogP contribution in [0.5, 0.6) is 11.5 Å². The van der Waals surface area contributed by atoms with Crippen molar-refractivity contribution in [3.05, 3.63) is 50.4 Å². The van der Waals surface area contributed by atoms with Gasteiger partial charge in [-0.1, -0.05) is 28.4 Å². The summed E-state index contributed by atoms with van der Waals surface area (Å²) in [6.07, 6.45) is 1.26. The number of benzene rings is 2. The van der Waals surface area contributed by atoms with Crippen LogP contribution in [0.25, 0.3) is 0 Å². The highest BCUT2D eigenvalue weighted by atomic mass is 79.9. The molecule has 138 valence electrons. The van der Waals surface area contributed by atoms with Crippen LogP contribution >= 0.6 is 39.1 Å². The largest absolute Gasteiger partial charge is 0.490 e. The van der Waals surface area contributed by atoms with E-state index in [1.165, 1.54) is 6.21 Å². The summed E-state index contributed by atoms with van der Waals surface area (Å²) in [7, 11) is 0. The van der Waals surface area contributed by atoms with Gasteiger partial charge in [-0.05, 0) is 53.2 Å². The maximum atomic E-state index is 12.1. The molecule has 2 rings (SSSR count). The summed E-state index contributed by atoms with van der Waals surface area (Å²) in [5.74, 6) is 0.407. The fourth-order valence-electron chi connectivity index (χ4n) is 2.04. The molecule has 6 nitrogen and oxygen atoms in total. The van der Waals surface area contributed by atoms with Crippen molar-refractivity contribution in [3.8, 4) is 11.5 Å². The van der Waals surface area contributed by atoms with Crippen molar-refractivity contribution in [1.82, 2.24) is 0 Å². The molecular weight excluding hydrogens is 447 g/mol. The van der Waals surface area contributed by atoms with Crippen LogP contribution < -0.4 is 14.8 Å². The minimum atomic E-state index is -0.376. The van der Waals surface area contributed by atoms with Crippen LogP contribution in [0.2, 0.25) is 10.0 Å². The summed E-state index contributed by atoms with van der Waals surface area (Å²) < 4.78 is 11.7. The summed E-state index contributed by atoms with van der Waals surface area (Å²) in [5.41, 5.74) is 1.11. The number of anilines is 1. The molecule has 0 spiro atoms. The molecule has 2 aromatic carbocycles. The van der Waals surface area contributed by atoms with Gasteiger partial charge in [0.25, 0.3) is 5.91 Å². The second-order valence-corrected chi connectivity index (χ2v) is 6.64. The molecule has 2 N–H and O–H groups in total. The van der Waals surface area contributed by atoms with Gasteiger partial charge in [-0.25, -0.2) is 0 Å². The van der Waals surface area contributed by atoms with Gasteiger partial charge >= 0.3 is 0 Å². The lowest BCUT2D eigenvalue weighted by Gasteiger charge is -2.14. The summed E-state index contributed by atoms with van der Waals surface area (Å²) in [5, 5.41) is 15.1. The molecule has 0 atom stereocenters. The van der Waals surface area contributed by atoms with E-state index >= 15 is 0 Å². The van der Waals surface area contributed by atoms with E-state index < -0.39 is 0 Å². The molecule has 1 amide bonds. The number of carbonyl (C=O) groups is 1. The highest BCUT2D eigenvalue weighted by Crippen LogP contribution is 2.36. The molecule has 0 unspecified atom stereocenters. The van der Waals surface area contributed by atoms with Gasteiger partial charge in [0.2, 0.25) is 0 Å². The maximum Gasteiger partial charge on any atom is 0.262 e. The summed E-state index contributed by atoms with van der Waals surface area (Å²) in [6, 6.07) is 8.09. The molecule has 0 aliphatic rings. The third-order valence-corrected chi connectivity index (χ3v) is 4.42. The standard InChI is InChI=1S/C17H15BrCl2N2O4/c1-2-25-15-6-10(8-21-24)5-12(18)17(15)26-9-16(23)22-11-3-4-13(19)14(20)7-11/h3-8,24H,2,9H2,1H3,(H,22,23)/b21-8+. The first kappa shape index (κ1) is 20.4. The van der Waals surface area contributed by atoms with E-state index in [4.69, 9.17) is 37.9 Å². The van der Waals surface area contributed by atoms with E-state index in [0.717, 1.165) is 0 Å². The average Bonchev–Trinajstić information content (AvgIpc) is 2.58. The van der Waals surface area contributed by atoms with Crippen LogP contribution in [0.15, 0.2) is 40.0 Å². The number of amides is 1. The molecule has 0 saturated carbocycles. The quantitative estimate of drug-likeness (QED) is 0.346. The van der Waals surface area contributed by atoms with Crippen molar-refractivity contribution in [1.29, 1.82) is 0 Å². The van der Waals surface area contributed by atoms with Gasteiger partial charge < -0.3 is 20.0 Å². The fourth-order valence-corrected chi connectivity index (χ4v) is 2.91. The van der Waals surface area contributed by atoms with Crippen molar-refractivity contribution in [2.45, 2.75) is 6.92 Å². The molecule has 0 aliphatic heterocycles. The molecule has 0 fully saturated rings. The Bertz CT molecular complexity index is 831. The minimum absolute atomic E-state index is 0.244. The van der Waals surface area contributed by atoms with Gasteiger partial charge in [-0.2, -0.15) is 0 Å². The van der Waals surface area contributed by atoms with Crippen molar-refractivity contribution >= 4 is 56.9 Å². The zero-order chi connectivity index (χ0) is 19.1. The Hall–Kier alpha value is -1.96. The van der Waals surface area contributed by atoms with E-state index in [2.05, 4.69) is 26.4 Å². The second kappa shape index (κ2) is 9.66. The van der Waals surface area contributed by atoms with Crippen LogP contribution in [0.3, 0.4) is 0 Å². The summed E-state index contributed by atoms with van der Waals surface area (Å²) in [6.45, 7) is 1.98. The van der Waals surface area contributed by atoms with Crippen LogP contribution in [0, 0.1) is 0 Å². The summed E-state index contributed by atoms with van der Waals surface area (Å²) >= 11 is 15.1. The third-order valence-electron chi connectivity index (χ3n) is 3.09. The number of nitrogens with zero attached hydrogens (tertiary/aromatic N) is 1. The normalized spacial score (nSPS) is 10.8. The van der Waals surface area contributed by atoms with Gasteiger partial charge in [-0.15, -0.1) is 0 Å². The molecule has 0 saturated heterocycles. The van der Waals surface area contributed by atoms with Crippen molar-refractivity contribution in [2.75, 3.05) is 18.5 Å². The molecule has 0 heterocycles. The molecule has 0 radical (unpaired) electrons. The van der Waals surface area contributed by atoms with E-state index in [1.807, 2.05) is 6.92 Å². The highest BCUT2D eigenvalue weighted by molar-refractivity contribution is 9.10. The number of ether oxygens (including phenoxy) is 2. The van der Waals surface area contributed by atoms with E-state index in [-0.39, 0.29) is 12.5 Å². The van der Waals surface area contributed by atoms with Crippen LogP contribution in [-0.4, -0.2) is 30.5 Å². The minimum Gasteiger partial charge on any atom is -0.490 e. The highest BCUT2D eigenvalue weighted by Gasteiger charge is 2.14. The van der Waals surface area contributed by atoms with E-state index in [0.29, 0.717) is 43.9 Å². The third kappa shape index (κ3) is 5.52. The Morgan fingerprint density at radius 2 is 2.04 bits per heavy atom. The van der Waals surface area contributed by atoms with Crippen LogP contribution in [0.4, 0.5) is 5.69 Å². The molecule has 0 aliphatic carbocycles. The average molecular weight is 462 g/mol. The first-order valence-corrected chi connectivity index (χ1v) is 9.01. The van der Waals surface area contributed by atoms with E-state index in [1.54, 1.807) is 30.3 Å². The zero-order valence-electron chi connectivity index (χ0n) is 13.6. The lowest BCUT2D eigenvalue weighted by Crippen LogP contribution is -2.20. The topological polar surface area (TPSA) is 80.2 Å². The van der Waals surface area contributed by atoms with Gasteiger partial charge in [0.05, 0.1) is 27.3 Å². The second-order valence-electron chi connectivity index (χ2n) is 4.97. The molecule has 9 heteroatoms. The van der Waals surface area contributed by atoms with Gasteiger partial charge in [0.1, 0.15) is 0 Å². The summed E-state index contributed by atoms with van der Waals surface area (Å²) in [4.78, 5) is 12.1. The zero-order valence-corrected chi connectivity index (χ0v) is 16.7. The molecule has 0 bridgehead atoms. The first-order chi connectivity index (χ1) is 12.4. The van der Waals surface area contributed by atoms with Crippen molar-refractivity contribution < 1.29 is 19.5 Å². The number of oxime groups is 1. The van der Waals surface area contributed by atoms with E-state index in [9.17, 15) is 4.79 Å². The van der Waals surface area contributed by atoms with Crippen molar-refractivity contribution in [2.24, 2.45) is 5.16 Å². The SMILES string of the molecule is CCOc1cc(/C=N/O)cc(Br)c1OCC(=O)Nc1ccc(Cl)c(Cl)c1. The Labute approximate surface area is 168 Å². The molecular formula is C17H15BrCl2N2O4. The number of rotatable bonds is 7. The maximum absolute atomic E-state index is 12.1. The number of halogens is 3. The first-order valence-electron chi connectivity index (χ1n) is 7.46. The smallest absolute Gasteiger partial charge is 0.262 e. The van der Waals surface area contributed by atoms with Crippen LogP contribution in [0.1, 0.15) is 12.5 Å². The number of carbonyl (C=O) groups excluding carboxylic acids is 1. The molecule has 2 aromatic rings. The molecule has 26 heavy (non-hydrogen) atoms. The Morgan fingerprint density at radius 3 is 2.69 bits per heavy atom. The number of hydrogen-bond donors (Lipinski definition) is 2. The van der Waals surface area contributed by atoms with Gasteiger partial charge in [0, 0.05) is 11.3 Å². The Balaban J connectivity index is 2.09. The lowest BCUT2D eigenvalue weighted by molar-refractivity contribution is -0.118. The van der Waals surface area contributed by atoms with Crippen molar-refractivity contribution in [3.63, 3.8) is 0 Å². The van der Waals surface area contributed by atoms with Gasteiger partial charge in [-0.3, -0.25) is 4.79 Å². The monoisotopic (exact) mass is 460 g/mol. The fraction of sp³-hybridized carbons (Fsp3) is 0.176. The van der Waals surface area contributed by atoms with Gasteiger partial charge in [0.15, 0.2) is 18.1 Å². The Morgan fingerprint density at radius 1 is 1.27 bits per heavy atom. The lowest BCUT2D eigenvalue weighted by atomic mass is 10.2. The molecule has 0 aromatic heterocycles. The predicted octanol–water partition coefficient (Wildman–Crippen LogP) is 4.98. The Kier molecular flexibility index (Phi) is 7.56. The van der Waals surface area contributed by atoms with Crippen LogP contribution in [-0.2, 0) is 4.79 Å². The number of nitrogens with one attached hydrogen (secondary N) is 1. The number of hydrogen-bond acceptors (Lipinski definition) is 5.